The summed E-state index contributed by atoms with van der Waals surface area (Å²) in [6.07, 6.45) is 6.94. The predicted molar refractivity (Wildman–Crippen MR) is 117 cm³/mol. The molecule has 1 heterocycles. The summed E-state index contributed by atoms with van der Waals surface area (Å²) in [6, 6.07) is 6.71. The third-order valence-electron chi connectivity index (χ3n) is 6.41. The second-order valence-electron chi connectivity index (χ2n) is 8.16. The average molecular weight is 407 g/mol. The maximum Gasteiger partial charge on any atom is 0.314 e. The Morgan fingerprint density at radius 3 is 2.50 bits per heavy atom. The highest BCUT2D eigenvalue weighted by Crippen LogP contribution is 2.31. The highest BCUT2D eigenvalue weighted by atomic mass is 35.5. The van der Waals surface area contributed by atoms with Gasteiger partial charge in [0.2, 0.25) is 0 Å². The molecule has 0 spiro atoms. The zero-order chi connectivity index (χ0) is 19.9. The summed E-state index contributed by atoms with van der Waals surface area (Å²) in [7, 11) is 1.68. The fourth-order valence-electron chi connectivity index (χ4n) is 4.51. The number of rotatable bonds is 6. The monoisotopic (exact) mass is 406 g/mol. The van der Waals surface area contributed by atoms with Crippen molar-refractivity contribution in [3.05, 3.63) is 28.8 Å². The minimum absolute atomic E-state index is 0.0501. The molecule has 1 saturated heterocycles. The van der Waals surface area contributed by atoms with Gasteiger partial charge in [0, 0.05) is 39.3 Å². The van der Waals surface area contributed by atoms with Crippen molar-refractivity contribution in [2.45, 2.75) is 51.5 Å². The van der Waals surface area contributed by atoms with Gasteiger partial charge in [-0.15, -0.1) is 0 Å². The smallest absolute Gasteiger partial charge is 0.314 e. The number of benzene rings is 1. The van der Waals surface area contributed by atoms with Crippen LogP contribution in [0.25, 0.3) is 0 Å². The van der Waals surface area contributed by atoms with E-state index in [0.717, 1.165) is 56.4 Å². The molecular formula is C22H35ClN4O. The molecule has 0 unspecified atom stereocenters. The van der Waals surface area contributed by atoms with Gasteiger partial charge in [0.05, 0.1) is 10.7 Å². The molecule has 2 N–H and O–H groups in total. The summed E-state index contributed by atoms with van der Waals surface area (Å²) in [5, 5.41) is 6.63. The lowest BCUT2D eigenvalue weighted by Gasteiger charge is -2.37. The van der Waals surface area contributed by atoms with Gasteiger partial charge in [-0.2, -0.15) is 0 Å². The molecule has 6 heteroatoms. The fraction of sp³-hybridized carbons (Fsp3) is 0.682. The molecule has 2 amide bonds. The van der Waals surface area contributed by atoms with E-state index < -0.39 is 0 Å². The van der Waals surface area contributed by atoms with Crippen molar-refractivity contribution in [3.63, 3.8) is 0 Å². The molecule has 3 rings (SSSR count). The lowest BCUT2D eigenvalue weighted by atomic mass is 9.84. The molecule has 0 bridgehead atoms. The van der Waals surface area contributed by atoms with Crippen LogP contribution in [0.4, 0.5) is 10.5 Å². The van der Waals surface area contributed by atoms with Crippen LogP contribution in [-0.2, 0) is 6.42 Å². The quantitative estimate of drug-likeness (QED) is 0.753. The molecular weight excluding hydrogens is 372 g/mol. The number of halogens is 1. The number of carbonyl (C=O) groups excluding carboxylic acids is 1. The molecule has 1 saturated carbocycles. The van der Waals surface area contributed by atoms with E-state index in [4.69, 9.17) is 11.6 Å². The molecule has 156 valence electrons. The summed E-state index contributed by atoms with van der Waals surface area (Å²) >= 11 is 6.61. The SMILES string of the molecule is CCc1cccc(N2CCN(CCC3CCC(NC(=O)NC)CC3)CC2)c1Cl. The number of hydrogen-bond acceptors (Lipinski definition) is 3. The van der Waals surface area contributed by atoms with Gasteiger partial charge in [0.1, 0.15) is 0 Å². The topological polar surface area (TPSA) is 47.6 Å². The van der Waals surface area contributed by atoms with Crippen LogP contribution in [0.3, 0.4) is 0 Å². The van der Waals surface area contributed by atoms with Crippen molar-refractivity contribution in [1.82, 2.24) is 15.5 Å². The molecule has 1 aromatic rings. The van der Waals surface area contributed by atoms with Gasteiger partial charge in [-0.3, -0.25) is 4.90 Å². The Hall–Kier alpha value is -1.46. The Balaban J connectivity index is 1.38. The maximum absolute atomic E-state index is 11.4. The number of carbonyl (C=O) groups is 1. The molecule has 28 heavy (non-hydrogen) atoms. The number of aryl methyl sites for hydroxylation is 1. The Morgan fingerprint density at radius 1 is 1.14 bits per heavy atom. The first-order valence-corrected chi connectivity index (χ1v) is 11.2. The van der Waals surface area contributed by atoms with Gasteiger partial charge >= 0.3 is 6.03 Å². The number of hydrogen-bond donors (Lipinski definition) is 2. The van der Waals surface area contributed by atoms with Crippen LogP contribution in [0.15, 0.2) is 18.2 Å². The molecule has 1 aliphatic carbocycles. The van der Waals surface area contributed by atoms with E-state index in [2.05, 4.69) is 45.6 Å². The van der Waals surface area contributed by atoms with Crippen molar-refractivity contribution in [1.29, 1.82) is 0 Å². The summed E-state index contributed by atoms with van der Waals surface area (Å²) < 4.78 is 0. The molecule has 1 aromatic carbocycles. The summed E-state index contributed by atoms with van der Waals surface area (Å²) in [6.45, 7) is 7.67. The zero-order valence-electron chi connectivity index (χ0n) is 17.3. The maximum atomic E-state index is 11.4. The first kappa shape index (κ1) is 21.3. The van der Waals surface area contributed by atoms with E-state index in [1.807, 2.05) is 0 Å². The van der Waals surface area contributed by atoms with Crippen LogP contribution in [-0.4, -0.2) is 56.7 Å². The van der Waals surface area contributed by atoms with Crippen molar-refractivity contribution in [3.8, 4) is 0 Å². The predicted octanol–water partition coefficient (Wildman–Crippen LogP) is 3.90. The van der Waals surface area contributed by atoms with Gasteiger partial charge in [0.25, 0.3) is 0 Å². The standard InChI is InChI=1S/C22H35ClN4O/c1-3-18-5-4-6-20(21(18)23)27-15-13-26(14-16-27)12-11-17-7-9-19(10-8-17)25-22(28)24-2/h4-6,17,19H,3,7-16H2,1-2H3,(H2,24,25,28). The van der Waals surface area contributed by atoms with Crippen molar-refractivity contribution in [2.75, 3.05) is 44.7 Å². The minimum atomic E-state index is -0.0501. The lowest BCUT2D eigenvalue weighted by Crippen LogP contribution is -2.47. The Morgan fingerprint density at radius 2 is 1.86 bits per heavy atom. The molecule has 0 radical (unpaired) electrons. The second kappa shape index (κ2) is 10.4. The Bertz CT molecular complexity index is 637. The first-order valence-electron chi connectivity index (χ1n) is 10.8. The highest BCUT2D eigenvalue weighted by molar-refractivity contribution is 6.34. The molecule has 1 aliphatic heterocycles. The fourth-order valence-corrected chi connectivity index (χ4v) is 4.89. The average Bonchev–Trinajstić information content (AvgIpc) is 2.74. The van der Waals surface area contributed by atoms with Crippen molar-refractivity contribution < 1.29 is 4.79 Å². The normalized spacial score (nSPS) is 23.5. The summed E-state index contributed by atoms with van der Waals surface area (Å²) in [5.41, 5.74) is 2.44. The van der Waals surface area contributed by atoms with Crippen LogP contribution in [0.2, 0.25) is 5.02 Å². The van der Waals surface area contributed by atoms with Crippen LogP contribution in [0, 0.1) is 5.92 Å². The minimum Gasteiger partial charge on any atom is -0.368 e. The van der Waals surface area contributed by atoms with E-state index in [0.29, 0.717) is 6.04 Å². The third-order valence-corrected chi connectivity index (χ3v) is 6.85. The number of anilines is 1. The third kappa shape index (κ3) is 5.54. The zero-order valence-corrected chi connectivity index (χ0v) is 18.1. The number of piperazine rings is 1. The molecule has 0 atom stereocenters. The van der Waals surface area contributed by atoms with Crippen LogP contribution >= 0.6 is 11.6 Å². The second-order valence-corrected chi connectivity index (χ2v) is 8.54. The van der Waals surface area contributed by atoms with Gasteiger partial charge in [-0.1, -0.05) is 30.7 Å². The molecule has 5 nitrogen and oxygen atoms in total. The van der Waals surface area contributed by atoms with E-state index in [-0.39, 0.29) is 6.03 Å². The number of amides is 2. The number of nitrogens with zero attached hydrogens (tertiary/aromatic N) is 2. The van der Waals surface area contributed by atoms with E-state index in [1.54, 1.807) is 7.05 Å². The number of urea groups is 1. The van der Waals surface area contributed by atoms with Gasteiger partial charge in [-0.05, 0) is 62.6 Å². The van der Waals surface area contributed by atoms with Crippen molar-refractivity contribution in [2.24, 2.45) is 5.92 Å². The molecule has 2 aliphatic rings. The Labute approximate surface area is 174 Å². The van der Waals surface area contributed by atoms with Crippen LogP contribution in [0.1, 0.15) is 44.6 Å². The molecule has 0 aromatic heterocycles. The van der Waals surface area contributed by atoms with E-state index >= 15 is 0 Å². The summed E-state index contributed by atoms with van der Waals surface area (Å²) in [5.74, 6) is 0.802. The highest BCUT2D eigenvalue weighted by Gasteiger charge is 2.24. The largest absolute Gasteiger partial charge is 0.368 e. The van der Waals surface area contributed by atoms with Gasteiger partial charge in [-0.25, -0.2) is 4.79 Å². The van der Waals surface area contributed by atoms with Crippen LogP contribution in [0.5, 0.6) is 0 Å². The number of nitrogens with one attached hydrogen (secondary N) is 2. The lowest BCUT2D eigenvalue weighted by molar-refractivity contribution is 0.206. The van der Waals surface area contributed by atoms with Crippen LogP contribution < -0.4 is 15.5 Å². The molecule has 2 fully saturated rings. The van der Waals surface area contributed by atoms with Crippen molar-refractivity contribution >= 4 is 23.3 Å². The van der Waals surface area contributed by atoms with Gasteiger partial charge in [0.15, 0.2) is 0 Å². The summed E-state index contributed by atoms with van der Waals surface area (Å²) in [4.78, 5) is 16.5. The van der Waals surface area contributed by atoms with E-state index in [1.165, 1.54) is 37.1 Å². The van der Waals surface area contributed by atoms with E-state index in [9.17, 15) is 4.79 Å². The Kier molecular flexibility index (Phi) is 7.86. The van der Waals surface area contributed by atoms with Gasteiger partial charge < -0.3 is 15.5 Å². The first-order chi connectivity index (χ1) is 13.6.